The molecule has 1 aliphatic heterocycles. The van der Waals surface area contributed by atoms with E-state index in [0.717, 1.165) is 43.8 Å². The number of nitrogens with zero attached hydrogens (tertiary/aromatic N) is 2. The number of carbonyl (C=O) groups excluding carboxylic acids is 1. The first-order valence-corrected chi connectivity index (χ1v) is 11.0. The topological polar surface area (TPSA) is 36.7 Å². The van der Waals surface area contributed by atoms with Crippen LogP contribution in [0.15, 0.2) is 71.1 Å². The van der Waals surface area contributed by atoms with E-state index >= 15 is 0 Å². The summed E-state index contributed by atoms with van der Waals surface area (Å²) in [5.41, 5.74) is 2.22. The molecule has 5 heteroatoms. The van der Waals surface area contributed by atoms with Gasteiger partial charge in [-0.15, -0.1) is 0 Å². The Bertz CT molecular complexity index is 976. The van der Waals surface area contributed by atoms with Gasteiger partial charge >= 0.3 is 0 Å². The summed E-state index contributed by atoms with van der Waals surface area (Å²) in [6.07, 6.45) is 2.09. The average Bonchev–Trinajstić information content (AvgIpc) is 3.24. The minimum atomic E-state index is -0.236. The number of carbonyl (C=O) groups is 1. The molecule has 0 unspecified atom stereocenters. The molecule has 0 bridgehead atoms. The number of likely N-dealkylation sites (tertiary alicyclic amines) is 1. The number of furan rings is 1. The zero-order valence-electron chi connectivity index (χ0n) is 18.0. The van der Waals surface area contributed by atoms with Gasteiger partial charge in [-0.3, -0.25) is 9.69 Å². The van der Waals surface area contributed by atoms with Gasteiger partial charge in [-0.2, -0.15) is 0 Å². The standard InChI is InChI=1S/C26H29FN2O2/c1-20-13-15-29(16-14-20)26(30)25-12-11-24(31-25)19-28(17-21-5-3-2-4-6-21)18-22-7-9-23(27)10-8-22/h2-12,20H,13-19H2,1H3. The second-order valence-corrected chi connectivity index (χ2v) is 8.50. The summed E-state index contributed by atoms with van der Waals surface area (Å²) in [6.45, 7) is 5.77. The van der Waals surface area contributed by atoms with Gasteiger partial charge in [0.15, 0.2) is 5.76 Å². The zero-order valence-corrected chi connectivity index (χ0v) is 18.0. The Morgan fingerprint density at radius 1 is 0.935 bits per heavy atom. The van der Waals surface area contributed by atoms with Crippen LogP contribution in [0.4, 0.5) is 4.39 Å². The summed E-state index contributed by atoms with van der Waals surface area (Å²) in [7, 11) is 0. The van der Waals surface area contributed by atoms with E-state index in [1.165, 1.54) is 17.7 Å². The summed E-state index contributed by atoms with van der Waals surface area (Å²) < 4.78 is 19.3. The molecule has 0 aliphatic carbocycles. The Morgan fingerprint density at radius 3 is 2.26 bits per heavy atom. The Kier molecular flexibility index (Phi) is 6.82. The molecule has 1 saturated heterocycles. The molecule has 162 valence electrons. The lowest BCUT2D eigenvalue weighted by Gasteiger charge is -2.29. The zero-order chi connectivity index (χ0) is 21.6. The van der Waals surface area contributed by atoms with Gasteiger partial charge in [0.1, 0.15) is 11.6 Å². The molecule has 0 atom stereocenters. The number of hydrogen-bond acceptors (Lipinski definition) is 3. The van der Waals surface area contributed by atoms with Crippen molar-refractivity contribution in [2.75, 3.05) is 13.1 Å². The molecule has 1 aliphatic rings. The van der Waals surface area contributed by atoms with E-state index < -0.39 is 0 Å². The SMILES string of the molecule is CC1CCN(C(=O)c2ccc(CN(Cc3ccccc3)Cc3ccc(F)cc3)o2)CC1. The molecule has 1 fully saturated rings. The summed E-state index contributed by atoms with van der Waals surface area (Å²) in [5.74, 6) is 1.58. The Morgan fingerprint density at radius 2 is 1.58 bits per heavy atom. The van der Waals surface area contributed by atoms with Crippen LogP contribution >= 0.6 is 0 Å². The molecular formula is C26H29FN2O2. The van der Waals surface area contributed by atoms with Crippen LogP contribution in [0, 0.1) is 11.7 Å². The Hall–Kier alpha value is -2.92. The normalized spacial score (nSPS) is 14.9. The van der Waals surface area contributed by atoms with E-state index in [1.54, 1.807) is 6.07 Å². The molecule has 0 spiro atoms. The number of hydrogen-bond donors (Lipinski definition) is 0. The van der Waals surface area contributed by atoms with E-state index in [-0.39, 0.29) is 11.7 Å². The van der Waals surface area contributed by atoms with Crippen molar-refractivity contribution in [3.8, 4) is 0 Å². The van der Waals surface area contributed by atoms with E-state index in [9.17, 15) is 9.18 Å². The molecule has 2 aromatic carbocycles. The van der Waals surface area contributed by atoms with E-state index in [4.69, 9.17) is 4.42 Å². The Balaban J connectivity index is 1.46. The summed E-state index contributed by atoms with van der Waals surface area (Å²) in [4.78, 5) is 16.9. The predicted octanol–water partition coefficient (Wildman–Crippen LogP) is 5.49. The lowest BCUT2D eigenvalue weighted by atomic mass is 9.99. The Labute approximate surface area is 183 Å². The number of benzene rings is 2. The molecule has 1 aromatic heterocycles. The minimum absolute atomic E-state index is 0.0220. The van der Waals surface area contributed by atoms with Crippen LogP contribution in [0.25, 0.3) is 0 Å². The van der Waals surface area contributed by atoms with Gasteiger partial charge in [-0.25, -0.2) is 4.39 Å². The second kappa shape index (κ2) is 9.92. The fraction of sp³-hybridized carbons (Fsp3) is 0.346. The number of rotatable bonds is 7. The molecule has 0 radical (unpaired) electrons. The quantitative estimate of drug-likeness (QED) is 0.507. The van der Waals surface area contributed by atoms with Gasteiger partial charge in [0, 0.05) is 26.2 Å². The smallest absolute Gasteiger partial charge is 0.289 e. The first-order valence-electron chi connectivity index (χ1n) is 11.0. The monoisotopic (exact) mass is 420 g/mol. The van der Waals surface area contributed by atoms with Crippen LogP contribution in [-0.4, -0.2) is 28.8 Å². The van der Waals surface area contributed by atoms with Crippen molar-refractivity contribution >= 4 is 5.91 Å². The van der Waals surface area contributed by atoms with Gasteiger partial charge < -0.3 is 9.32 Å². The van der Waals surface area contributed by atoms with Crippen molar-refractivity contribution in [2.24, 2.45) is 5.92 Å². The second-order valence-electron chi connectivity index (χ2n) is 8.50. The lowest BCUT2D eigenvalue weighted by molar-refractivity contribution is 0.0661. The highest BCUT2D eigenvalue weighted by molar-refractivity contribution is 5.91. The molecule has 4 rings (SSSR count). The first-order chi connectivity index (χ1) is 15.1. The molecule has 3 aromatic rings. The van der Waals surface area contributed by atoms with Crippen molar-refractivity contribution in [3.63, 3.8) is 0 Å². The third-order valence-electron chi connectivity index (χ3n) is 5.89. The van der Waals surface area contributed by atoms with Crippen LogP contribution in [0.1, 0.15) is 47.2 Å². The van der Waals surface area contributed by atoms with E-state index in [1.807, 2.05) is 41.3 Å². The maximum atomic E-state index is 13.3. The average molecular weight is 421 g/mol. The first kappa shape index (κ1) is 21.3. The molecule has 1 amide bonds. The summed E-state index contributed by atoms with van der Waals surface area (Å²) >= 11 is 0. The number of piperidine rings is 1. The van der Waals surface area contributed by atoms with E-state index in [0.29, 0.717) is 24.8 Å². The molecule has 0 saturated carbocycles. The largest absolute Gasteiger partial charge is 0.455 e. The predicted molar refractivity (Wildman–Crippen MR) is 119 cm³/mol. The van der Waals surface area contributed by atoms with Crippen LogP contribution < -0.4 is 0 Å². The highest BCUT2D eigenvalue weighted by atomic mass is 19.1. The van der Waals surface area contributed by atoms with Crippen molar-refractivity contribution in [2.45, 2.75) is 39.4 Å². The van der Waals surface area contributed by atoms with Crippen molar-refractivity contribution < 1.29 is 13.6 Å². The maximum Gasteiger partial charge on any atom is 0.289 e. The van der Waals surface area contributed by atoms with Crippen LogP contribution in [-0.2, 0) is 19.6 Å². The van der Waals surface area contributed by atoms with Crippen molar-refractivity contribution in [1.29, 1.82) is 0 Å². The van der Waals surface area contributed by atoms with Gasteiger partial charge in [0.05, 0.1) is 6.54 Å². The molecule has 0 N–H and O–H groups in total. The van der Waals surface area contributed by atoms with Crippen molar-refractivity contribution in [1.82, 2.24) is 9.80 Å². The van der Waals surface area contributed by atoms with Gasteiger partial charge in [0.2, 0.25) is 0 Å². The fourth-order valence-corrected chi connectivity index (χ4v) is 4.02. The number of amides is 1. The van der Waals surface area contributed by atoms with Gasteiger partial charge in [-0.05, 0) is 54.2 Å². The lowest BCUT2D eigenvalue weighted by Crippen LogP contribution is -2.37. The molecule has 2 heterocycles. The highest BCUT2D eigenvalue weighted by Crippen LogP contribution is 2.21. The number of halogens is 1. The third kappa shape index (κ3) is 5.82. The highest BCUT2D eigenvalue weighted by Gasteiger charge is 2.24. The van der Waals surface area contributed by atoms with Crippen LogP contribution in [0.2, 0.25) is 0 Å². The third-order valence-corrected chi connectivity index (χ3v) is 5.89. The van der Waals surface area contributed by atoms with Gasteiger partial charge in [0.25, 0.3) is 5.91 Å². The molecule has 31 heavy (non-hydrogen) atoms. The van der Waals surface area contributed by atoms with Gasteiger partial charge in [-0.1, -0.05) is 49.4 Å². The molecule has 4 nitrogen and oxygen atoms in total. The summed E-state index contributed by atoms with van der Waals surface area (Å²) in [5, 5.41) is 0. The minimum Gasteiger partial charge on any atom is -0.455 e. The van der Waals surface area contributed by atoms with Crippen LogP contribution in [0.3, 0.4) is 0 Å². The van der Waals surface area contributed by atoms with E-state index in [2.05, 4.69) is 24.0 Å². The maximum absolute atomic E-state index is 13.3. The van der Waals surface area contributed by atoms with Crippen molar-refractivity contribution in [3.05, 3.63) is 95.2 Å². The summed E-state index contributed by atoms with van der Waals surface area (Å²) in [6, 6.07) is 20.5. The van der Waals surface area contributed by atoms with Crippen LogP contribution in [0.5, 0.6) is 0 Å². The molecular weight excluding hydrogens is 391 g/mol. The fourth-order valence-electron chi connectivity index (χ4n) is 4.02.